The van der Waals surface area contributed by atoms with Crippen LogP contribution in [0.15, 0.2) is 45.6 Å². The first-order chi connectivity index (χ1) is 18.8. The standard InChI is InChI=1S/C29H33NO9/c1-34-23-7-6-18(11-24(23)35-2)21(14-27(32)38-5)29-28(33)22(31)13-20(39-29)16-30-9-8-17-10-25(36-3)26(37-4)12-19(17)15-30/h6-7,10-13,21,33H,8-9,14-16H2,1-5H3/t21-/m0/s1. The minimum absolute atomic E-state index is 0.0149. The van der Waals surface area contributed by atoms with Crippen LogP contribution < -0.4 is 24.4 Å². The van der Waals surface area contributed by atoms with Crippen LogP contribution in [0.3, 0.4) is 0 Å². The first kappa shape index (κ1) is 27.8. The molecule has 0 saturated heterocycles. The fraction of sp³-hybridized carbons (Fsp3) is 0.379. The maximum absolute atomic E-state index is 12.8. The van der Waals surface area contributed by atoms with E-state index in [1.165, 1.54) is 33.0 Å². The molecule has 0 saturated carbocycles. The van der Waals surface area contributed by atoms with Crippen LogP contribution in [0.1, 0.15) is 40.5 Å². The summed E-state index contributed by atoms with van der Waals surface area (Å²) in [6, 6.07) is 10.3. The highest BCUT2D eigenvalue weighted by molar-refractivity contribution is 5.71. The minimum atomic E-state index is -0.802. The molecule has 4 rings (SSSR count). The van der Waals surface area contributed by atoms with Crippen molar-refractivity contribution in [3.63, 3.8) is 0 Å². The van der Waals surface area contributed by atoms with Gasteiger partial charge < -0.3 is 33.2 Å². The number of carbonyl (C=O) groups excluding carboxylic acids is 1. The minimum Gasteiger partial charge on any atom is -0.502 e. The van der Waals surface area contributed by atoms with Crippen LogP contribution in [0, 0.1) is 0 Å². The molecule has 10 heteroatoms. The lowest BCUT2D eigenvalue weighted by Crippen LogP contribution is -2.30. The van der Waals surface area contributed by atoms with Gasteiger partial charge >= 0.3 is 5.97 Å². The van der Waals surface area contributed by atoms with Crippen LogP contribution in [0.4, 0.5) is 0 Å². The molecule has 0 spiro atoms. The molecule has 1 aliphatic heterocycles. The number of hydrogen-bond donors (Lipinski definition) is 1. The lowest BCUT2D eigenvalue weighted by molar-refractivity contribution is -0.140. The smallest absolute Gasteiger partial charge is 0.306 e. The van der Waals surface area contributed by atoms with Crippen molar-refractivity contribution in [1.82, 2.24) is 4.90 Å². The highest BCUT2D eigenvalue weighted by Crippen LogP contribution is 2.38. The quantitative estimate of drug-likeness (QED) is 0.383. The predicted octanol–water partition coefficient (Wildman–Crippen LogP) is 3.63. The molecule has 2 heterocycles. The molecule has 0 aliphatic carbocycles. The zero-order valence-electron chi connectivity index (χ0n) is 22.7. The number of fused-ring (bicyclic) bond motifs is 1. The van der Waals surface area contributed by atoms with E-state index in [1.54, 1.807) is 32.4 Å². The molecule has 0 amide bonds. The Labute approximate surface area is 226 Å². The van der Waals surface area contributed by atoms with Crippen molar-refractivity contribution in [1.29, 1.82) is 0 Å². The molecule has 0 radical (unpaired) electrons. The summed E-state index contributed by atoms with van der Waals surface area (Å²) in [5.41, 5.74) is 2.25. The van der Waals surface area contributed by atoms with Crippen LogP contribution in [0.25, 0.3) is 0 Å². The van der Waals surface area contributed by atoms with Gasteiger partial charge in [-0.2, -0.15) is 0 Å². The number of aromatic hydroxyl groups is 1. The normalized spacial score (nSPS) is 13.8. The first-order valence-electron chi connectivity index (χ1n) is 12.4. The Morgan fingerprint density at radius 2 is 1.56 bits per heavy atom. The Bertz CT molecular complexity index is 1400. The number of benzene rings is 2. The summed E-state index contributed by atoms with van der Waals surface area (Å²) in [4.78, 5) is 27.3. The van der Waals surface area contributed by atoms with Gasteiger partial charge in [0, 0.05) is 19.2 Å². The van der Waals surface area contributed by atoms with E-state index in [4.69, 9.17) is 28.1 Å². The van der Waals surface area contributed by atoms with Crippen molar-refractivity contribution >= 4 is 5.97 Å². The van der Waals surface area contributed by atoms with Crippen molar-refractivity contribution < 1.29 is 38.0 Å². The lowest BCUT2D eigenvalue weighted by Gasteiger charge is -2.29. The zero-order chi connectivity index (χ0) is 28.1. The summed E-state index contributed by atoms with van der Waals surface area (Å²) >= 11 is 0. The zero-order valence-corrected chi connectivity index (χ0v) is 22.7. The van der Waals surface area contributed by atoms with Crippen molar-refractivity contribution in [2.75, 3.05) is 42.1 Å². The van der Waals surface area contributed by atoms with Gasteiger partial charge in [0.2, 0.25) is 11.2 Å². The summed E-state index contributed by atoms with van der Waals surface area (Å²) in [5.74, 6) is 0.735. The van der Waals surface area contributed by atoms with E-state index in [1.807, 2.05) is 12.1 Å². The Hall–Kier alpha value is -4.18. The van der Waals surface area contributed by atoms with Crippen molar-refractivity contribution in [3.8, 4) is 28.7 Å². The monoisotopic (exact) mass is 539 g/mol. The first-order valence-corrected chi connectivity index (χ1v) is 12.4. The molecule has 1 aromatic heterocycles. The van der Waals surface area contributed by atoms with Gasteiger partial charge in [-0.1, -0.05) is 6.07 Å². The highest BCUT2D eigenvalue weighted by Gasteiger charge is 2.28. The molecule has 1 N–H and O–H groups in total. The van der Waals surface area contributed by atoms with Crippen LogP contribution in [0.2, 0.25) is 0 Å². The Morgan fingerprint density at radius 3 is 2.21 bits per heavy atom. The molecule has 1 atom stereocenters. The molecule has 2 aromatic carbocycles. The number of ether oxygens (including phenoxy) is 5. The predicted molar refractivity (Wildman–Crippen MR) is 142 cm³/mol. The second kappa shape index (κ2) is 12.1. The van der Waals surface area contributed by atoms with Crippen LogP contribution in [-0.2, 0) is 29.0 Å². The van der Waals surface area contributed by atoms with Crippen LogP contribution in [-0.4, -0.2) is 58.1 Å². The molecule has 208 valence electrons. The maximum atomic E-state index is 12.8. The van der Waals surface area contributed by atoms with E-state index < -0.39 is 23.1 Å². The van der Waals surface area contributed by atoms with Gasteiger partial charge in [0.1, 0.15) is 5.76 Å². The Morgan fingerprint density at radius 1 is 0.923 bits per heavy atom. The van der Waals surface area contributed by atoms with Crippen molar-refractivity contribution in [3.05, 3.63) is 74.8 Å². The Balaban J connectivity index is 1.67. The van der Waals surface area contributed by atoms with E-state index in [0.717, 1.165) is 18.5 Å². The topological polar surface area (TPSA) is 117 Å². The summed E-state index contributed by atoms with van der Waals surface area (Å²) in [5, 5.41) is 10.8. The fourth-order valence-electron chi connectivity index (χ4n) is 4.85. The maximum Gasteiger partial charge on any atom is 0.306 e. The molecular formula is C29H33NO9. The summed E-state index contributed by atoms with van der Waals surface area (Å²) in [6.07, 6.45) is 0.617. The number of hydrogen-bond acceptors (Lipinski definition) is 10. The van der Waals surface area contributed by atoms with Gasteiger partial charge in [0.25, 0.3) is 0 Å². The van der Waals surface area contributed by atoms with E-state index in [2.05, 4.69) is 4.90 Å². The average molecular weight is 540 g/mol. The summed E-state index contributed by atoms with van der Waals surface area (Å²) < 4.78 is 32.6. The van der Waals surface area contributed by atoms with Gasteiger partial charge in [-0.3, -0.25) is 14.5 Å². The second-order valence-electron chi connectivity index (χ2n) is 9.17. The number of methoxy groups -OCH3 is 5. The number of nitrogens with zero attached hydrogens (tertiary/aromatic N) is 1. The third-order valence-corrected chi connectivity index (χ3v) is 6.90. The van der Waals surface area contributed by atoms with Crippen LogP contribution in [0.5, 0.6) is 28.7 Å². The molecule has 0 unspecified atom stereocenters. The highest BCUT2D eigenvalue weighted by atomic mass is 16.5. The average Bonchev–Trinajstić information content (AvgIpc) is 2.96. The Kier molecular flexibility index (Phi) is 8.65. The number of carbonyl (C=O) groups is 1. The van der Waals surface area contributed by atoms with Gasteiger partial charge in [0.15, 0.2) is 28.8 Å². The van der Waals surface area contributed by atoms with Crippen molar-refractivity contribution in [2.24, 2.45) is 0 Å². The van der Waals surface area contributed by atoms with E-state index in [0.29, 0.717) is 47.4 Å². The van der Waals surface area contributed by atoms with Gasteiger partial charge in [-0.05, 0) is 47.4 Å². The number of esters is 1. The SMILES string of the molecule is COC(=O)C[C@@H](c1ccc(OC)c(OC)c1)c1oc(CN2CCc3cc(OC)c(OC)cc3C2)cc(=O)c1O. The van der Waals surface area contributed by atoms with E-state index in [-0.39, 0.29) is 12.2 Å². The molecule has 1 aliphatic rings. The molecule has 0 fully saturated rings. The lowest BCUT2D eigenvalue weighted by atomic mass is 9.91. The van der Waals surface area contributed by atoms with E-state index >= 15 is 0 Å². The fourth-order valence-corrected chi connectivity index (χ4v) is 4.85. The number of rotatable bonds is 10. The van der Waals surface area contributed by atoms with Crippen LogP contribution >= 0.6 is 0 Å². The van der Waals surface area contributed by atoms with Gasteiger partial charge in [0.05, 0.1) is 54.4 Å². The second-order valence-corrected chi connectivity index (χ2v) is 9.17. The van der Waals surface area contributed by atoms with Gasteiger partial charge in [-0.15, -0.1) is 0 Å². The third kappa shape index (κ3) is 5.96. The summed E-state index contributed by atoms with van der Waals surface area (Å²) in [7, 11) is 7.50. The molecule has 10 nitrogen and oxygen atoms in total. The summed E-state index contributed by atoms with van der Waals surface area (Å²) in [6.45, 7) is 1.66. The largest absolute Gasteiger partial charge is 0.502 e. The molecular weight excluding hydrogens is 506 g/mol. The van der Waals surface area contributed by atoms with Crippen molar-refractivity contribution in [2.45, 2.75) is 31.8 Å². The molecule has 39 heavy (non-hydrogen) atoms. The molecule has 3 aromatic rings. The van der Waals surface area contributed by atoms with E-state index in [9.17, 15) is 14.7 Å². The third-order valence-electron chi connectivity index (χ3n) is 6.90. The molecule has 0 bridgehead atoms. The van der Waals surface area contributed by atoms with Gasteiger partial charge in [-0.25, -0.2) is 0 Å².